The molecule has 1 saturated heterocycles. The van der Waals surface area contributed by atoms with Crippen molar-refractivity contribution in [1.82, 2.24) is 4.90 Å². The Bertz CT molecular complexity index is 934. The maximum atomic E-state index is 13.8. The number of benzene rings is 2. The smallest absolute Gasteiger partial charge is 0.369 e. The van der Waals surface area contributed by atoms with E-state index < -0.39 is 17.6 Å². The van der Waals surface area contributed by atoms with Gasteiger partial charge >= 0.3 is 6.18 Å². The van der Waals surface area contributed by atoms with Crippen molar-refractivity contribution < 1.29 is 18.0 Å². The first-order valence-electron chi connectivity index (χ1n) is 10.4. The van der Waals surface area contributed by atoms with Crippen LogP contribution in [0.2, 0.25) is 0 Å². The molecular formula is C23H26F3N3O. The van der Waals surface area contributed by atoms with Crippen LogP contribution in [-0.2, 0) is 19.0 Å². The Labute approximate surface area is 174 Å². The maximum Gasteiger partial charge on any atom is 0.418 e. The molecule has 0 radical (unpaired) electrons. The summed E-state index contributed by atoms with van der Waals surface area (Å²) in [5, 5.41) is 2.49. The van der Waals surface area contributed by atoms with Crippen molar-refractivity contribution in [2.24, 2.45) is 0 Å². The molecular weight excluding hydrogens is 391 g/mol. The Hall–Kier alpha value is -2.54. The highest BCUT2D eigenvalue weighted by Crippen LogP contribution is 2.38. The third-order valence-electron chi connectivity index (χ3n) is 6.04. The maximum absolute atomic E-state index is 13.8. The van der Waals surface area contributed by atoms with Gasteiger partial charge in [-0.3, -0.25) is 4.79 Å². The predicted molar refractivity (Wildman–Crippen MR) is 112 cm³/mol. The van der Waals surface area contributed by atoms with E-state index in [-0.39, 0.29) is 5.69 Å². The van der Waals surface area contributed by atoms with Crippen LogP contribution in [0.1, 0.15) is 39.9 Å². The van der Waals surface area contributed by atoms with E-state index in [4.69, 9.17) is 0 Å². The highest BCUT2D eigenvalue weighted by Gasteiger charge is 2.35. The summed E-state index contributed by atoms with van der Waals surface area (Å²) in [7, 11) is 2.00. The minimum Gasteiger partial charge on any atom is -0.369 e. The van der Waals surface area contributed by atoms with Crippen LogP contribution in [0.3, 0.4) is 0 Å². The summed E-state index contributed by atoms with van der Waals surface area (Å²) in [6, 6.07) is 9.61. The van der Waals surface area contributed by atoms with Crippen LogP contribution in [-0.4, -0.2) is 44.0 Å². The predicted octanol–water partition coefficient (Wildman–Crippen LogP) is 4.59. The zero-order valence-electron chi connectivity index (χ0n) is 17.1. The van der Waals surface area contributed by atoms with Gasteiger partial charge in [-0.25, -0.2) is 0 Å². The molecule has 0 unspecified atom stereocenters. The molecule has 0 saturated carbocycles. The van der Waals surface area contributed by atoms with Gasteiger partial charge in [0.2, 0.25) is 0 Å². The largest absolute Gasteiger partial charge is 0.418 e. The van der Waals surface area contributed by atoms with Crippen LogP contribution in [0.5, 0.6) is 0 Å². The summed E-state index contributed by atoms with van der Waals surface area (Å²) < 4.78 is 41.3. The zero-order chi connectivity index (χ0) is 21.3. The number of fused-ring (bicyclic) bond motifs is 1. The lowest BCUT2D eigenvalue weighted by atomic mass is 9.90. The average Bonchev–Trinajstić information content (AvgIpc) is 2.73. The number of alkyl halides is 3. The number of halogens is 3. The zero-order valence-corrected chi connectivity index (χ0v) is 17.1. The second-order valence-corrected chi connectivity index (χ2v) is 8.16. The van der Waals surface area contributed by atoms with E-state index in [1.165, 1.54) is 11.6 Å². The topological polar surface area (TPSA) is 35.6 Å². The number of likely N-dealkylation sites (N-methyl/N-ethyl adjacent to an activating group) is 1. The molecule has 1 amide bonds. The van der Waals surface area contributed by atoms with Crippen molar-refractivity contribution in [3.8, 4) is 0 Å². The molecule has 30 heavy (non-hydrogen) atoms. The van der Waals surface area contributed by atoms with E-state index >= 15 is 0 Å². The van der Waals surface area contributed by atoms with Gasteiger partial charge in [-0.05, 0) is 74.2 Å². The molecule has 2 aliphatic rings. The molecule has 0 aromatic heterocycles. The highest BCUT2D eigenvalue weighted by atomic mass is 19.4. The van der Waals surface area contributed by atoms with Gasteiger partial charge < -0.3 is 15.1 Å². The van der Waals surface area contributed by atoms with Crippen molar-refractivity contribution >= 4 is 17.3 Å². The molecule has 0 bridgehead atoms. The van der Waals surface area contributed by atoms with Crippen LogP contribution < -0.4 is 10.2 Å². The molecule has 1 aliphatic heterocycles. The van der Waals surface area contributed by atoms with Crippen molar-refractivity contribution in [1.29, 1.82) is 0 Å². The quantitative estimate of drug-likeness (QED) is 0.794. The van der Waals surface area contributed by atoms with Gasteiger partial charge in [-0.2, -0.15) is 13.2 Å². The first kappa shape index (κ1) is 20.7. The number of aryl methyl sites for hydroxylation is 2. The molecule has 1 heterocycles. The normalized spacial score (nSPS) is 17.5. The van der Waals surface area contributed by atoms with E-state index in [9.17, 15) is 18.0 Å². The Morgan fingerprint density at radius 1 is 0.933 bits per heavy atom. The van der Waals surface area contributed by atoms with Crippen LogP contribution in [0.15, 0.2) is 36.4 Å². The van der Waals surface area contributed by atoms with Gasteiger partial charge in [-0.15, -0.1) is 0 Å². The lowest BCUT2D eigenvalue weighted by Gasteiger charge is -2.34. The fraction of sp³-hybridized carbons (Fsp3) is 0.435. The van der Waals surface area contributed by atoms with Crippen LogP contribution in [0.4, 0.5) is 24.5 Å². The van der Waals surface area contributed by atoms with E-state index in [1.54, 1.807) is 12.1 Å². The molecule has 2 aromatic rings. The van der Waals surface area contributed by atoms with Crippen LogP contribution >= 0.6 is 0 Å². The number of piperazine rings is 1. The molecule has 1 aliphatic carbocycles. The van der Waals surface area contributed by atoms with Gasteiger partial charge in [-0.1, -0.05) is 6.07 Å². The van der Waals surface area contributed by atoms with Crippen LogP contribution in [0.25, 0.3) is 0 Å². The summed E-state index contributed by atoms with van der Waals surface area (Å²) in [6.07, 6.45) is -0.453. The molecule has 1 N–H and O–H groups in total. The van der Waals surface area contributed by atoms with Crippen LogP contribution in [0, 0.1) is 0 Å². The summed E-state index contributed by atoms with van der Waals surface area (Å²) >= 11 is 0. The van der Waals surface area contributed by atoms with Gasteiger partial charge in [0.15, 0.2) is 0 Å². The number of amides is 1. The lowest BCUT2D eigenvalue weighted by molar-refractivity contribution is -0.136. The first-order valence-corrected chi connectivity index (χ1v) is 10.4. The third kappa shape index (κ3) is 4.46. The molecule has 4 nitrogen and oxygen atoms in total. The highest BCUT2D eigenvalue weighted by molar-refractivity contribution is 6.05. The number of hydrogen-bond donors (Lipinski definition) is 1. The number of nitrogens with zero attached hydrogens (tertiary/aromatic N) is 2. The first-order chi connectivity index (χ1) is 14.3. The fourth-order valence-electron chi connectivity index (χ4n) is 4.21. The third-order valence-corrected chi connectivity index (χ3v) is 6.04. The van der Waals surface area contributed by atoms with Gasteiger partial charge in [0.25, 0.3) is 5.91 Å². The molecule has 0 spiro atoms. The number of hydrogen-bond acceptors (Lipinski definition) is 3. The molecule has 7 heteroatoms. The lowest BCUT2D eigenvalue weighted by Crippen LogP contribution is -2.44. The monoisotopic (exact) mass is 417 g/mol. The number of carbonyl (C=O) groups is 1. The van der Waals surface area contributed by atoms with Gasteiger partial charge in [0, 0.05) is 37.4 Å². The number of anilines is 2. The number of rotatable bonds is 3. The molecule has 1 fully saturated rings. The van der Waals surface area contributed by atoms with Gasteiger partial charge in [0.05, 0.1) is 11.3 Å². The summed E-state index contributed by atoms with van der Waals surface area (Å²) in [5.74, 6) is -0.513. The minimum atomic E-state index is -4.55. The van der Waals surface area contributed by atoms with E-state index in [2.05, 4.69) is 10.2 Å². The minimum absolute atomic E-state index is 0.205. The summed E-state index contributed by atoms with van der Waals surface area (Å²) in [6.45, 7) is 2.96. The number of nitrogens with one attached hydrogen (secondary N) is 1. The Balaban J connectivity index is 1.58. The summed E-state index contributed by atoms with van der Waals surface area (Å²) in [5.41, 5.74) is 2.25. The van der Waals surface area contributed by atoms with E-state index in [0.717, 1.165) is 50.4 Å². The second-order valence-electron chi connectivity index (χ2n) is 8.16. The van der Waals surface area contributed by atoms with Gasteiger partial charge in [0.1, 0.15) is 0 Å². The van der Waals surface area contributed by atoms with E-state index in [0.29, 0.717) is 24.3 Å². The van der Waals surface area contributed by atoms with Crippen molar-refractivity contribution in [2.45, 2.75) is 31.9 Å². The Morgan fingerprint density at radius 3 is 2.33 bits per heavy atom. The standard InChI is InChI=1S/C23H26F3N3O/c1-28-10-12-29(13-11-28)19-8-9-21(20(15-19)23(24,25)26)27-22(30)18-7-6-16-4-2-3-5-17(16)14-18/h6-9,14-15H,2-5,10-13H2,1H3,(H,27,30). The molecule has 160 valence electrons. The SMILES string of the molecule is CN1CCN(c2ccc(NC(=O)c3ccc4c(c3)CCCC4)c(C(F)(F)F)c2)CC1. The average molecular weight is 417 g/mol. The Kier molecular flexibility index (Phi) is 5.73. The fourth-order valence-corrected chi connectivity index (χ4v) is 4.21. The molecule has 2 aromatic carbocycles. The van der Waals surface area contributed by atoms with E-state index in [1.807, 2.05) is 24.1 Å². The Morgan fingerprint density at radius 2 is 1.63 bits per heavy atom. The summed E-state index contributed by atoms with van der Waals surface area (Å²) in [4.78, 5) is 16.8. The van der Waals surface area contributed by atoms with Crippen molar-refractivity contribution in [2.75, 3.05) is 43.4 Å². The molecule has 4 rings (SSSR count). The number of carbonyl (C=O) groups excluding carboxylic acids is 1. The molecule has 0 atom stereocenters. The van der Waals surface area contributed by atoms with Crippen molar-refractivity contribution in [3.63, 3.8) is 0 Å². The second kappa shape index (κ2) is 8.30. The van der Waals surface area contributed by atoms with Crippen molar-refractivity contribution in [3.05, 3.63) is 58.7 Å².